The van der Waals surface area contributed by atoms with Crippen LogP contribution in [0.2, 0.25) is 0 Å². The SMILES string of the molecule is CCN(CC1CCCO1)c1nccc(C)c1C#N. The summed E-state index contributed by atoms with van der Waals surface area (Å²) in [6, 6.07) is 4.14. The van der Waals surface area contributed by atoms with E-state index in [1.54, 1.807) is 6.20 Å². The second-order valence-electron chi connectivity index (χ2n) is 4.61. The van der Waals surface area contributed by atoms with Crippen molar-refractivity contribution < 1.29 is 4.74 Å². The zero-order valence-corrected chi connectivity index (χ0v) is 11.0. The molecule has 1 aliphatic rings. The van der Waals surface area contributed by atoms with E-state index in [-0.39, 0.29) is 6.10 Å². The van der Waals surface area contributed by atoms with Crippen molar-refractivity contribution in [2.24, 2.45) is 0 Å². The summed E-state index contributed by atoms with van der Waals surface area (Å²) in [4.78, 5) is 6.51. The van der Waals surface area contributed by atoms with Crippen molar-refractivity contribution in [3.05, 3.63) is 23.4 Å². The molecule has 4 heteroatoms. The molecule has 0 aromatic carbocycles. The fourth-order valence-corrected chi connectivity index (χ4v) is 2.32. The summed E-state index contributed by atoms with van der Waals surface area (Å²) < 4.78 is 5.66. The molecule has 0 amide bonds. The summed E-state index contributed by atoms with van der Waals surface area (Å²) in [5.41, 5.74) is 1.66. The van der Waals surface area contributed by atoms with Crippen molar-refractivity contribution in [1.29, 1.82) is 5.26 Å². The van der Waals surface area contributed by atoms with Crippen LogP contribution in [0.25, 0.3) is 0 Å². The lowest BCUT2D eigenvalue weighted by atomic mass is 10.1. The number of nitrogens with zero attached hydrogens (tertiary/aromatic N) is 3. The number of rotatable bonds is 4. The molecular weight excluding hydrogens is 226 g/mol. The Kier molecular flexibility index (Phi) is 4.16. The standard InChI is InChI=1S/C14H19N3O/c1-3-17(10-12-5-4-8-18-12)14-13(9-15)11(2)6-7-16-14/h6-7,12H,3-5,8,10H2,1-2H3. The molecule has 0 aliphatic carbocycles. The number of hydrogen-bond donors (Lipinski definition) is 0. The van der Waals surface area contributed by atoms with Crippen molar-refractivity contribution in [2.45, 2.75) is 32.8 Å². The highest BCUT2D eigenvalue weighted by molar-refractivity contribution is 5.57. The average Bonchev–Trinajstić information content (AvgIpc) is 2.88. The van der Waals surface area contributed by atoms with Crippen LogP contribution in [-0.2, 0) is 4.74 Å². The van der Waals surface area contributed by atoms with Crippen molar-refractivity contribution in [2.75, 3.05) is 24.6 Å². The summed E-state index contributed by atoms with van der Waals surface area (Å²) in [5, 5.41) is 9.26. The predicted octanol–water partition coefficient (Wildman–Crippen LogP) is 2.27. The van der Waals surface area contributed by atoms with Gasteiger partial charge in [-0.3, -0.25) is 0 Å². The van der Waals surface area contributed by atoms with Crippen molar-refractivity contribution >= 4 is 5.82 Å². The zero-order valence-electron chi connectivity index (χ0n) is 11.0. The van der Waals surface area contributed by atoms with Crippen LogP contribution in [0.15, 0.2) is 12.3 Å². The third kappa shape index (κ3) is 2.62. The fraction of sp³-hybridized carbons (Fsp3) is 0.571. The molecule has 0 N–H and O–H groups in total. The van der Waals surface area contributed by atoms with Gasteiger partial charge in [0.1, 0.15) is 11.9 Å². The minimum Gasteiger partial charge on any atom is -0.376 e. The van der Waals surface area contributed by atoms with Crippen LogP contribution < -0.4 is 4.90 Å². The van der Waals surface area contributed by atoms with Gasteiger partial charge in [-0.15, -0.1) is 0 Å². The van der Waals surface area contributed by atoms with Crippen LogP contribution in [0.1, 0.15) is 30.9 Å². The molecule has 0 saturated carbocycles. The quantitative estimate of drug-likeness (QED) is 0.816. The Hall–Kier alpha value is -1.60. The number of hydrogen-bond acceptors (Lipinski definition) is 4. The van der Waals surface area contributed by atoms with Gasteiger partial charge in [0.15, 0.2) is 0 Å². The molecule has 1 atom stereocenters. The first-order valence-electron chi connectivity index (χ1n) is 6.48. The maximum Gasteiger partial charge on any atom is 0.146 e. The third-order valence-electron chi connectivity index (χ3n) is 3.38. The summed E-state index contributed by atoms with van der Waals surface area (Å²) in [6.07, 6.45) is 4.28. The number of pyridine rings is 1. The Morgan fingerprint density at radius 2 is 2.44 bits per heavy atom. The van der Waals surface area contributed by atoms with E-state index in [2.05, 4.69) is 22.9 Å². The van der Waals surface area contributed by atoms with Crippen LogP contribution in [0, 0.1) is 18.3 Å². The van der Waals surface area contributed by atoms with E-state index in [4.69, 9.17) is 4.74 Å². The number of anilines is 1. The Morgan fingerprint density at radius 1 is 1.61 bits per heavy atom. The lowest BCUT2D eigenvalue weighted by Crippen LogP contribution is -2.33. The maximum absolute atomic E-state index is 9.26. The highest BCUT2D eigenvalue weighted by Crippen LogP contribution is 2.22. The first-order chi connectivity index (χ1) is 8.76. The van der Waals surface area contributed by atoms with E-state index in [0.717, 1.165) is 43.9 Å². The molecule has 1 aromatic rings. The minimum atomic E-state index is 0.277. The summed E-state index contributed by atoms with van der Waals surface area (Å²) >= 11 is 0. The molecule has 18 heavy (non-hydrogen) atoms. The lowest BCUT2D eigenvalue weighted by Gasteiger charge is -2.26. The fourth-order valence-electron chi connectivity index (χ4n) is 2.32. The average molecular weight is 245 g/mol. The molecule has 1 saturated heterocycles. The van der Waals surface area contributed by atoms with Crippen LogP contribution in [0.3, 0.4) is 0 Å². The summed E-state index contributed by atoms with van der Waals surface area (Å²) in [6.45, 7) is 6.55. The van der Waals surface area contributed by atoms with Crippen LogP contribution >= 0.6 is 0 Å². The molecule has 1 unspecified atom stereocenters. The minimum absolute atomic E-state index is 0.277. The molecule has 1 aliphatic heterocycles. The highest BCUT2D eigenvalue weighted by atomic mass is 16.5. The molecule has 96 valence electrons. The van der Waals surface area contributed by atoms with Gasteiger partial charge in [0.2, 0.25) is 0 Å². The highest BCUT2D eigenvalue weighted by Gasteiger charge is 2.21. The van der Waals surface area contributed by atoms with Crippen molar-refractivity contribution in [3.63, 3.8) is 0 Å². The second kappa shape index (κ2) is 5.83. The van der Waals surface area contributed by atoms with Gasteiger partial charge in [0.25, 0.3) is 0 Å². The van der Waals surface area contributed by atoms with E-state index in [9.17, 15) is 5.26 Å². The Labute approximate surface area is 108 Å². The molecule has 0 radical (unpaired) electrons. The van der Waals surface area contributed by atoms with Gasteiger partial charge in [-0.25, -0.2) is 4.98 Å². The number of aryl methyl sites for hydroxylation is 1. The largest absolute Gasteiger partial charge is 0.376 e. The second-order valence-corrected chi connectivity index (χ2v) is 4.61. The molecule has 2 heterocycles. The van der Waals surface area contributed by atoms with Crippen molar-refractivity contribution in [1.82, 2.24) is 4.98 Å². The van der Waals surface area contributed by atoms with Gasteiger partial charge in [-0.2, -0.15) is 5.26 Å². The third-order valence-corrected chi connectivity index (χ3v) is 3.38. The molecule has 2 rings (SSSR count). The van der Waals surface area contributed by atoms with E-state index >= 15 is 0 Å². The number of likely N-dealkylation sites (N-methyl/N-ethyl adjacent to an activating group) is 1. The number of nitriles is 1. The Bertz CT molecular complexity index is 447. The molecule has 0 spiro atoms. The zero-order chi connectivity index (χ0) is 13.0. The van der Waals surface area contributed by atoms with Gasteiger partial charge < -0.3 is 9.64 Å². The Morgan fingerprint density at radius 3 is 3.06 bits per heavy atom. The number of aromatic nitrogens is 1. The van der Waals surface area contributed by atoms with Crippen LogP contribution in [-0.4, -0.2) is 30.8 Å². The van der Waals surface area contributed by atoms with Gasteiger partial charge in [0.05, 0.1) is 11.7 Å². The van der Waals surface area contributed by atoms with Crippen LogP contribution in [0.4, 0.5) is 5.82 Å². The molecule has 1 fully saturated rings. The van der Waals surface area contributed by atoms with Crippen LogP contribution in [0.5, 0.6) is 0 Å². The molecule has 1 aromatic heterocycles. The van der Waals surface area contributed by atoms with Gasteiger partial charge in [-0.1, -0.05) is 0 Å². The predicted molar refractivity (Wildman–Crippen MR) is 70.6 cm³/mol. The van der Waals surface area contributed by atoms with E-state index in [1.807, 2.05) is 13.0 Å². The van der Waals surface area contributed by atoms with E-state index in [0.29, 0.717) is 5.56 Å². The first-order valence-corrected chi connectivity index (χ1v) is 6.48. The molecular formula is C14H19N3O. The normalized spacial score (nSPS) is 18.6. The van der Waals surface area contributed by atoms with E-state index in [1.165, 1.54) is 0 Å². The van der Waals surface area contributed by atoms with Crippen molar-refractivity contribution in [3.8, 4) is 6.07 Å². The summed E-state index contributed by atoms with van der Waals surface area (Å²) in [7, 11) is 0. The van der Waals surface area contributed by atoms with E-state index < -0.39 is 0 Å². The monoisotopic (exact) mass is 245 g/mol. The molecule has 4 nitrogen and oxygen atoms in total. The lowest BCUT2D eigenvalue weighted by molar-refractivity contribution is 0.115. The first kappa shape index (κ1) is 12.8. The maximum atomic E-state index is 9.26. The Balaban J connectivity index is 2.21. The smallest absolute Gasteiger partial charge is 0.146 e. The molecule has 0 bridgehead atoms. The topological polar surface area (TPSA) is 49.1 Å². The van der Waals surface area contributed by atoms with Gasteiger partial charge >= 0.3 is 0 Å². The van der Waals surface area contributed by atoms with Gasteiger partial charge in [0, 0.05) is 25.9 Å². The summed E-state index contributed by atoms with van der Waals surface area (Å²) in [5.74, 6) is 0.788. The van der Waals surface area contributed by atoms with Gasteiger partial charge in [-0.05, 0) is 38.3 Å². The number of ether oxygens (including phenoxy) is 1.